The van der Waals surface area contributed by atoms with Gasteiger partial charge in [0.15, 0.2) is 5.11 Å². The molecule has 0 saturated carbocycles. The number of piperazine rings is 1. The van der Waals surface area contributed by atoms with Gasteiger partial charge in [-0.1, -0.05) is 26.0 Å². The lowest BCUT2D eigenvalue weighted by Crippen LogP contribution is -2.60. The lowest BCUT2D eigenvalue weighted by molar-refractivity contribution is -0.148. The zero-order valence-electron chi connectivity index (χ0n) is 17.8. The molecule has 1 aliphatic rings. The van der Waals surface area contributed by atoms with Crippen molar-refractivity contribution in [1.29, 1.82) is 0 Å². The molecule has 30 heavy (non-hydrogen) atoms. The second-order valence-electron chi connectivity index (χ2n) is 7.70. The molecule has 1 aromatic carbocycles. The molecule has 0 aliphatic carbocycles. The van der Waals surface area contributed by atoms with E-state index >= 15 is 0 Å². The standard InChI is InChI=1S/C21H29N3O5S/c1-13(2)12-28-18(25)11-16-20(27)22-9-10-24(16)21(30)23-19(26)15-7-5-6-8-17(15)29-14(3)4/h5-8,13-14,16H,9-12H2,1-4H3,(H,22,27)(H,23,26,30). The highest BCUT2D eigenvalue weighted by molar-refractivity contribution is 7.80. The van der Waals surface area contributed by atoms with Crippen LogP contribution in [0.4, 0.5) is 0 Å². The SMILES string of the molecule is CC(C)COC(=O)CC1C(=O)NCCN1C(=S)NC(=O)c1ccccc1OC(C)C. The fourth-order valence-electron chi connectivity index (χ4n) is 2.88. The molecule has 2 N–H and O–H groups in total. The molecular formula is C21H29N3O5S. The number of nitrogens with zero attached hydrogens (tertiary/aromatic N) is 1. The van der Waals surface area contributed by atoms with Crippen molar-refractivity contribution in [2.24, 2.45) is 5.92 Å². The summed E-state index contributed by atoms with van der Waals surface area (Å²) in [5.74, 6) is -0.622. The van der Waals surface area contributed by atoms with Crippen LogP contribution in [0.15, 0.2) is 24.3 Å². The molecule has 0 spiro atoms. The number of nitrogens with one attached hydrogen (secondary N) is 2. The first-order chi connectivity index (χ1) is 14.2. The predicted molar refractivity (Wildman–Crippen MR) is 116 cm³/mol. The van der Waals surface area contributed by atoms with Crippen molar-refractivity contribution in [2.45, 2.75) is 46.3 Å². The Morgan fingerprint density at radius 3 is 2.63 bits per heavy atom. The van der Waals surface area contributed by atoms with Gasteiger partial charge in [0.2, 0.25) is 5.91 Å². The predicted octanol–water partition coefficient (Wildman–Crippen LogP) is 1.88. The zero-order chi connectivity index (χ0) is 22.3. The molecule has 2 rings (SSSR count). The highest BCUT2D eigenvalue weighted by Crippen LogP contribution is 2.20. The Balaban J connectivity index is 2.09. The molecule has 1 unspecified atom stereocenters. The summed E-state index contributed by atoms with van der Waals surface area (Å²) in [6.07, 6.45) is -0.250. The van der Waals surface area contributed by atoms with E-state index in [1.807, 2.05) is 27.7 Å². The molecule has 0 bridgehead atoms. The minimum Gasteiger partial charge on any atom is -0.490 e. The fraction of sp³-hybridized carbons (Fsp3) is 0.524. The Kier molecular flexibility index (Phi) is 8.58. The van der Waals surface area contributed by atoms with Gasteiger partial charge >= 0.3 is 5.97 Å². The first-order valence-electron chi connectivity index (χ1n) is 10.00. The number of esters is 1. The third-order valence-corrected chi connectivity index (χ3v) is 4.58. The number of hydrogen-bond acceptors (Lipinski definition) is 6. The summed E-state index contributed by atoms with van der Waals surface area (Å²) in [6, 6.07) is 6.01. The number of carbonyl (C=O) groups excluding carboxylic acids is 3. The van der Waals surface area contributed by atoms with Gasteiger partial charge < -0.3 is 19.7 Å². The normalized spacial score (nSPS) is 16.3. The zero-order valence-corrected chi connectivity index (χ0v) is 18.6. The van der Waals surface area contributed by atoms with Gasteiger partial charge in [-0.25, -0.2) is 0 Å². The summed E-state index contributed by atoms with van der Waals surface area (Å²) >= 11 is 5.39. The van der Waals surface area contributed by atoms with Gasteiger partial charge in [-0.15, -0.1) is 0 Å². The van der Waals surface area contributed by atoms with Crippen molar-refractivity contribution in [1.82, 2.24) is 15.5 Å². The maximum atomic E-state index is 12.8. The van der Waals surface area contributed by atoms with Crippen molar-refractivity contribution < 1.29 is 23.9 Å². The third-order valence-electron chi connectivity index (χ3n) is 4.24. The number of benzene rings is 1. The summed E-state index contributed by atoms with van der Waals surface area (Å²) in [7, 11) is 0. The van der Waals surface area contributed by atoms with Crippen molar-refractivity contribution >= 4 is 35.1 Å². The van der Waals surface area contributed by atoms with Gasteiger partial charge in [0.1, 0.15) is 11.8 Å². The Morgan fingerprint density at radius 1 is 1.27 bits per heavy atom. The second kappa shape index (κ2) is 10.9. The fourth-order valence-corrected chi connectivity index (χ4v) is 3.20. The molecule has 1 heterocycles. The van der Waals surface area contributed by atoms with Crippen molar-refractivity contribution in [2.75, 3.05) is 19.7 Å². The third kappa shape index (κ3) is 6.69. The van der Waals surface area contributed by atoms with Crippen LogP contribution in [0.3, 0.4) is 0 Å². The van der Waals surface area contributed by atoms with E-state index in [-0.39, 0.29) is 36.1 Å². The summed E-state index contributed by atoms with van der Waals surface area (Å²) in [5.41, 5.74) is 0.336. The van der Waals surface area contributed by atoms with Gasteiger partial charge in [0.25, 0.3) is 5.91 Å². The van der Waals surface area contributed by atoms with Crippen LogP contribution in [0.1, 0.15) is 44.5 Å². The van der Waals surface area contributed by atoms with Crippen LogP contribution in [-0.2, 0) is 14.3 Å². The molecule has 9 heteroatoms. The van der Waals surface area contributed by atoms with Crippen LogP contribution in [0.5, 0.6) is 5.75 Å². The van der Waals surface area contributed by atoms with Crippen LogP contribution in [0, 0.1) is 5.92 Å². The highest BCUT2D eigenvalue weighted by atomic mass is 32.1. The van der Waals surface area contributed by atoms with Gasteiger partial charge in [-0.05, 0) is 44.1 Å². The smallest absolute Gasteiger partial charge is 0.308 e. The second-order valence-corrected chi connectivity index (χ2v) is 8.09. The maximum Gasteiger partial charge on any atom is 0.308 e. The van der Waals surface area contributed by atoms with Crippen LogP contribution in [-0.4, -0.2) is 59.6 Å². The highest BCUT2D eigenvalue weighted by Gasteiger charge is 2.34. The Hall–Kier alpha value is -2.68. The lowest BCUT2D eigenvalue weighted by atomic mass is 10.1. The van der Waals surface area contributed by atoms with Crippen LogP contribution in [0.2, 0.25) is 0 Å². The number of para-hydroxylation sites is 1. The largest absolute Gasteiger partial charge is 0.490 e. The lowest BCUT2D eigenvalue weighted by Gasteiger charge is -2.36. The average molecular weight is 436 g/mol. The summed E-state index contributed by atoms with van der Waals surface area (Å²) in [6.45, 7) is 8.61. The van der Waals surface area contributed by atoms with Gasteiger partial charge in [-0.2, -0.15) is 0 Å². The van der Waals surface area contributed by atoms with Crippen LogP contribution < -0.4 is 15.4 Å². The van der Waals surface area contributed by atoms with E-state index < -0.39 is 17.9 Å². The molecule has 164 valence electrons. The molecule has 0 aromatic heterocycles. The van der Waals surface area contributed by atoms with Gasteiger partial charge in [0.05, 0.1) is 24.7 Å². The minimum atomic E-state index is -0.839. The van der Waals surface area contributed by atoms with E-state index in [2.05, 4.69) is 10.6 Å². The number of thiocarbonyl (C=S) groups is 1. The summed E-state index contributed by atoms with van der Waals surface area (Å²) < 4.78 is 10.9. The number of hydrogen-bond donors (Lipinski definition) is 2. The maximum absolute atomic E-state index is 12.8. The molecule has 1 fully saturated rings. The minimum absolute atomic E-state index is 0.0795. The Labute approximate surface area is 182 Å². The molecule has 1 aromatic rings. The van der Waals surface area contributed by atoms with E-state index in [9.17, 15) is 14.4 Å². The molecule has 1 aliphatic heterocycles. The van der Waals surface area contributed by atoms with Crippen LogP contribution in [0.25, 0.3) is 0 Å². The van der Waals surface area contributed by atoms with Gasteiger partial charge in [-0.3, -0.25) is 19.7 Å². The topological polar surface area (TPSA) is 97.0 Å². The summed E-state index contributed by atoms with van der Waals surface area (Å²) in [5, 5.41) is 5.46. The average Bonchev–Trinajstić information content (AvgIpc) is 2.67. The van der Waals surface area contributed by atoms with Crippen LogP contribution >= 0.6 is 12.2 Å². The van der Waals surface area contributed by atoms with Crippen molar-refractivity contribution in [3.8, 4) is 5.75 Å². The van der Waals surface area contributed by atoms with Crippen molar-refractivity contribution in [3.63, 3.8) is 0 Å². The Morgan fingerprint density at radius 2 is 1.97 bits per heavy atom. The summed E-state index contributed by atoms with van der Waals surface area (Å²) in [4.78, 5) is 38.8. The van der Waals surface area contributed by atoms with Crippen molar-refractivity contribution in [3.05, 3.63) is 29.8 Å². The molecule has 1 saturated heterocycles. The quantitative estimate of drug-likeness (QED) is 0.499. The molecular weight excluding hydrogens is 406 g/mol. The Bertz CT molecular complexity index is 797. The number of ether oxygens (including phenoxy) is 2. The van der Waals surface area contributed by atoms with E-state index in [0.29, 0.717) is 24.4 Å². The van der Waals surface area contributed by atoms with E-state index in [1.54, 1.807) is 29.2 Å². The van der Waals surface area contributed by atoms with E-state index in [4.69, 9.17) is 21.7 Å². The molecule has 2 amide bonds. The first-order valence-corrected chi connectivity index (χ1v) is 10.4. The molecule has 8 nitrogen and oxygen atoms in total. The molecule has 0 radical (unpaired) electrons. The first kappa shape index (κ1) is 23.6. The number of carbonyl (C=O) groups is 3. The van der Waals surface area contributed by atoms with Gasteiger partial charge in [0, 0.05) is 13.1 Å². The monoisotopic (exact) mass is 435 g/mol. The van der Waals surface area contributed by atoms with E-state index in [0.717, 1.165) is 0 Å². The molecule has 1 atom stereocenters. The van der Waals surface area contributed by atoms with E-state index in [1.165, 1.54) is 0 Å². The number of amides is 2. The number of rotatable bonds is 7.